The summed E-state index contributed by atoms with van der Waals surface area (Å²) in [6.45, 7) is 8.25. The molecule has 0 saturated carbocycles. The van der Waals surface area contributed by atoms with E-state index < -0.39 is 0 Å². The van der Waals surface area contributed by atoms with Crippen molar-refractivity contribution in [3.63, 3.8) is 0 Å². The van der Waals surface area contributed by atoms with E-state index in [9.17, 15) is 0 Å². The Bertz CT molecular complexity index is 20.8. The van der Waals surface area contributed by atoms with Crippen molar-refractivity contribution in [2.75, 3.05) is 0 Å². The number of nitrogens with two attached hydrogens (primary N) is 1. The lowest BCUT2D eigenvalue weighted by Crippen LogP contribution is -2.06. The molecule has 0 atom stereocenters. The minimum atomic E-state index is 0.333. The Kier molecular flexibility index (Phi) is 13.6. The van der Waals surface area contributed by atoms with Gasteiger partial charge in [0.15, 0.2) is 0 Å². The molecule has 0 aromatic rings. The second kappa shape index (κ2) is 10.0. The molecule has 0 aromatic carbocycles. The van der Waals surface area contributed by atoms with Crippen LogP contribution in [0.4, 0.5) is 0 Å². The lowest BCUT2D eigenvalue weighted by atomic mass is 10.4. The molecule has 0 radical (unpaired) electrons. The Hall–Kier alpha value is -0.0400. The Morgan fingerprint density at radius 2 is 1.25 bits per heavy atom. The Morgan fingerprint density at radius 1 is 1.12 bits per heavy atom. The van der Waals surface area contributed by atoms with Crippen molar-refractivity contribution in [3.8, 4) is 0 Å². The first-order valence-electron chi connectivity index (χ1n) is 3.40. The minimum Gasteiger partial charge on any atom is -0.328 e. The molecule has 0 bridgehead atoms. The molecule has 1 nitrogen and oxygen atoms in total. The van der Waals surface area contributed by atoms with Gasteiger partial charge in [0.25, 0.3) is 0 Å². The van der Waals surface area contributed by atoms with E-state index >= 15 is 0 Å². The van der Waals surface area contributed by atoms with E-state index in [1.54, 1.807) is 0 Å². The summed E-state index contributed by atoms with van der Waals surface area (Å²) >= 11 is 0. The highest BCUT2D eigenvalue weighted by Gasteiger charge is 1.67. The zero-order valence-electron chi connectivity index (χ0n) is 6.57. The molecule has 0 amide bonds. The average molecular weight is 117 g/mol. The maximum Gasteiger partial charge on any atom is -0.00179 e. The SMILES string of the molecule is CC(C)N.CCCC. The van der Waals surface area contributed by atoms with E-state index in [1.165, 1.54) is 12.8 Å². The maximum absolute atomic E-state index is 5.11. The molecule has 0 aliphatic heterocycles. The fourth-order valence-corrected chi connectivity index (χ4v) is 0. The number of hydrogen-bond acceptors (Lipinski definition) is 1. The summed E-state index contributed by atoms with van der Waals surface area (Å²) in [7, 11) is 0. The molecule has 0 fully saturated rings. The van der Waals surface area contributed by atoms with E-state index in [0.717, 1.165) is 0 Å². The minimum absolute atomic E-state index is 0.333. The Balaban J connectivity index is 0. The highest BCUT2D eigenvalue weighted by Crippen LogP contribution is 1.76. The van der Waals surface area contributed by atoms with Crippen molar-refractivity contribution in [3.05, 3.63) is 0 Å². The fraction of sp³-hybridized carbons (Fsp3) is 1.00. The Labute approximate surface area is 53.3 Å². The summed E-state index contributed by atoms with van der Waals surface area (Å²) in [6, 6.07) is 0.333. The third-order valence-corrected chi connectivity index (χ3v) is 0.500. The molecule has 2 N–H and O–H groups in total. The molecule has 0 aromatic heterocycles. The van der Waals surface area contributed by atoms with Gasteiger partial charge in [-0.3, -0.25) is 0 Å². The predicted molar refractivity (Wildman–Crippen MR) is 39.9 cm³/mol. The van der Waals surface area contributed by atoms with Gasteiger partial charge >= 0.3 is 0 Å². The summed E-state index contributed by atoms with van der Waals surface area (Å²) in [6.07, 6.45) is 2.64. The van der Waals surface area contributed by atoms with Gasteiger partial charge in [-0.05, 0) is 6.04 Å². The number of rotatable bonds is 1. The lowest BCUT2D eigenvalue weighted by Gasteiger charge is -1.81. The van der Waals surface area contributed by atoms with Gasteiger partial charge in [-0.25, -0.2) is 0 Å². The predicted octanol–water partition coefficient (Wildman–Crippen LogP) is 2.16. The van der Waals surface area contributed by atoms with Gasteiger partial charge in [-0.1, -0.05) is 40.5 Å². The second-order valence-electron chi connectivity index (χ2n) is 2.24. The third kappa shape index (κ3) is 159. The van der Waals surface area contributed by atoms with Gasteiger partial charge in [-0.2, -0.15) is 0 Å². The molecular weight excluding hydrogens is 98.1 g/mol. The van der Waals surface area contributed by atoms with E-state index in [4.69, 9.17) is 5.73 Å². The molecule has 0 aliphatic carbocycles. The van der Waals surface area contributed by atoms with E-state index in [-0.39, 0.29) is 0 Å². The largest absolute Gasteiger partial charge is 0.328 e. The molecule has 0 rings (SSSR count). The molecule has 0 saturated heterocycles. The molecule has 0 spiro atoms. The summed E-state index contributed by atoms with van der Waals surface area (Å²) in [5, 5.41) is 0. The van der Waals surface area contributed by atoms with Gasteiger partial charge in [0.2, 0.25) is 0 Å². The summed E-state index contributed by atoms with van der Waals surface area (Å²) < 4.78 is 0. The number of hydrogen-bond donors (Lipinski definition) is 1. The zero-order valence-corrected chi connectivity index (χ0v) is 6.57. The van der Waals surface area contributed by atoms with E-state index in [2.05, 4.69) is 13.8 Å². The quantitative estimate of drug-likeness (QED) is 0.559. The van der Waals surface area contributed by atoms with E-state index in [0.29, 0.717) is 6.04 Å². The summed E-state index contributed by atoms with van der Waals surface area (Å²) in [5.41, 5.74) is 5.11. The standard InChI is InChI=1S/C4H10.C3H9N/c1-3-4-2;1-3(2)4/h3-4H2,1-2H3;3H,4H2,1-2H3. The van der Waals surface area contributed by atoms with Gasteiger partial charge in [-0.15, -0.1) is 0 Å². The van der Waals surface area contributed by atoms with Crippen LogP contribution in [0, 0.1) is 0 Å². The Morgan fingerprint density at radius 3 is 1.25 bits per heavy atom. The topological polar surface area (TPSA) is 26.0 Å². The van der Waals surface area contributed by atoms with Crippen molar-refractivity contribution in [2.45, 2.75) is 46.6 Å². The van der Waals surface area contributed by atoms with Crippen molar-refractivity contribution >= 4 is 0 Å². The van der Waals surface area contributed by atoms with Crippen LogP contribution in [0.3, 0.4) is 0 Å². The lowest BCUT2D eigenvalue weighted by molar-refractivity contribution is 0.834. The molecule has 0 unspecified atom stereocenters. The highest BCUT2D eigenvalue weighted by molar-refractivity contribution is 4.32. The van der Waals surface area contributed by atoms with Crippen molar-refractivity contribution < 1.29 is 0 Å². The van der Waals surface area contributed by atoms with Crippen LogP contribution in [-0.4, -0.2) is 6.04 Å². The van der Waals surface area contributed by atoms with Gasteiger partial charge in [0, 0.05) is 0 Å². The monoisotopic (exact) mass is 117 g/mol. The van der Waals surface area contributed by atoms with Crippen LogP contribution < -0.4 is 5.73 Å². The van der Waals surface area contributed by atoms with Crippen LogP contribution >= 0.6 is 0 Å². The first kappa shape index (κ1) is 10.9. The zero-order chi connectivity index (χ0) is 6.99. The van der Waals surface area contributed by atoms with Crippen LogP contribution in [0.2, 0.25) is 0 Å². The summed E-state index contributed by atoms with van der Waals surface area (Å²) in [4.78, 5) is 0. The van der Waals surface area contributed by atoms with Crippen molar-refractivity contribution in [1.82, 2.24) is 0 Å². The molecule has 1 heteroatoms. The smallest absolute Gasteiger partial charge is 0.00179 e. The normalized spacial score (nSPS) is 8.25. The van der Waals surface area contributed by atoms with Crippen molar-refractivity contribution in [2.24, 2.45) is 5.73 Å². The van der Waals surface area contributed by atoms with Crippen LogP contribution in [0.1, 0.15) is 40.5 Å². The van der Waals surface area contributed by atoms with Gasteiger partial charge < -0.3 is 5.73 Å². The van der Waals surface area contributed by atoms with Gasteiger partial charge in [0.1, 0.15) is 0 Å². The van der Waals surface area contributed by atoms with Crippen LogP contribution in [0.25, 0.3) is 0 Å². The first-order valence-corrected chi connectivity index (χ1v) is 3.40. The maximum atomic E-state index is 5.11. The fourth-order valence-electron chi connectivity index (χ4n) is 0. The second-order valence-corrected chi connectivity index (χ2v) is 2.24. The van der Waals surface area contributed by atoms with E-state index in [1.807, 2.05) is 13.8 Å². The first-order chi connectivity index (χ1) is 3.65. The molecule has 52 valence electrons. The molecule has 0 heterocycles. The van der Waals surface area contributed by atoms with Gasteiger partial charge in [0.05, 0.1) is 0 Å². The molecule has 0 aliphatic rings. The molecular formula is C7H19N. The highest BCUT2D eigenvalue weighted by atomic mass is 14.6. The van der Waals surface area contributed by atoms with Crippen LogP contribution in [-0.2, 0) is 0 Å². The molecule has 8 heavy (non-hydrogen) atoms. The van der Waals surface area contributed by atoms with Crippen molar-refractivity contribution in [1.29, 1.82) is 0 Å². The van der Waals surface area contributed by atoms with Crippen LogP contribution in [0.15, 0.2) is 0 Å². The third-order valence-electron chi connectivity index (χ3n) is 0.500. The number of unbranched alkanes of at least 4 members (excludes halogenated alkanes) is 1. The summed E-state index contributed by atoms with van der Waals surface area (Å²) in [5.74, 6) is 0. The van der Waals surface area contributed by atoms with Crippen LogP contribution in [0.5, 0.6) is 0 Å². The average Bonchev–Trinajstić information content (AvgIpc) is 1.65.